The highest BCUT2D eigenvalue weighted by Gasteiger charge is 2.56. The van der Waals surface area contributed by atoms with Crippen LogP contribution in [0.4, 0.5) is 0 Å². The molecule has 116 valence electrons. The fourth-order valence-electron chi connectivity index (χ4n) is 5.14. The van der Waals surface area contributed by atoms with Gasteiger partial charge in [0.25, 0.3) is 0 Å². The van der Waals surface area contributed by atoms with Crippen molar-refractivity contribution in [2.24, 2.45) is 17.3 Å². The Hall–Kier alpha value is -1.35. The number of carbonyl (C=O) groups excluding carboxylic acids is 2. The SMILES string of the molecule is C[C@]12CC[C@@H]3c4cc(Cl)c(O)cc4CC(=O)[C@H]3[C@@H]1CCC2=O. The lowest BCUT2D eigenvalue weighted by Crippen LogP contribution is -2.46. The number of ketones is 2. The van der Waals surface area contributed by atoms with Gasteiger partial charge in [-0.2, -0.15) is 0 Å². The average Bonchev–Trinajstić information content (AvgIpc) is 2.77. The second-order valence-corrected chi connectivity index (χ2v) is 7.71. The Morgan fingerprint density at radius 3 is 2.82 bits per heavy atom. The van der Waals surface area contributed by atoms with Crippen LogP contribution in [0.15, 0.2) is 12.1 Å². The molecular weight excluding hydrogens is 300 g/mol. The monoisotopic (exact) mass is 318 g/mol. The van der Waals surface area contributed by atoms with E-state index in [2.05, 4.69) is 6.92 Å². The highest BCUT2D eigenvalue weighted by atomic mass is 35.5. The van der Waals surface area contributed by atoms with Crippen molar-refractivity contribution in [1.82, 2.24) is 0 Å². The van der Waals surface area contributed by atoms with Gasteiger partial charge >= 0.3 is 0 Å². The van der Waals surface area contributed by atoms with Crippen molar-refractivity contribution >= 4 is 23.2 Å². The van der Waals surface area contributed by atoms with Gasteiger partial charge in [-0.15, -0.1) is 0 Å². The predicted molar refractivity (Wildman–Crippen MR) is 83.1 cm³/mol. The van der Waals surface area contributed by atoms with Gasteiger partial charge in [-0.3, -0.25) is 9.59 Å². The lowest BCUT2D eigenvalue weighted by molar-refractivity contribution is -0.134. The molecule has 4 heteroatoms. The molecule has 0 amide bonds. The Bertz CT molecular complexity index is 696. The molecule has 0 bridgehead atoms. The summed E-state index contributed by atoms with van der Waals surface area (Å²) in [5, 5.41) is 10.1. The first-order valence-electron chi connectivity index (χ1n) is 7.99. The van der Waals surface area contributed by atoms with Gasteiger partial charge in [0.15, 0.2) is 0 Å². The zero-order valence-corrected chi connectivity index (χ0v) is 13.3. The highest BCUT2D eigenvalue weighted by Crippen LogP contribution is 2.59. The second-order valence-electron chi connectivity index (χ2n) is 7.30. The molecule has 22 heavy (non-hydrogen) atoms. The molecule has 0 radical (unpaired) electrons. The number of phenolic OH excluding ortho intramolecular Hbond substituents is 1. The van der Waals surface area contributed by atoms with E-state index >= 15 is 0 Å². The first-order chi connectivity index (χ1) is 10.4. The first-order valence-corrected chi connectivity index (χ1v) is 8.37. The Morgan fingerprint density at radius 1 is 1.27 bits per heavy atom. The quantitative estimate of drug-likeness (QED) is 0.794. The van der Waals surface area contributed by atoms with Gasteiger partial charge in [-0.05, 0) is 54.4 Å². The third kappa shape index (κ3) is 1.75. The molecule has 1 aromatic rings. The lowest BCUT2D eigenvalue weighted by atomic mass is 9.55. The van der Waals surface area contributed by atoms with Crippen LogP contribution >= 0.6 is 11.6 Å². The minimum Gasteiger partial charge on any atom is -0.506 e. The summed E-state index contributed by atoms with van der Waals surface area (Å²) in [7, 11) is 0. The van der Waals surface area contributed by atoms with Gasteiger partial charge in [0.05, 0.1) is 5.02 Å². The molecule has 1 aromatic carbocycles. The van der Waals surface area contributed by atoms with E-state index in [0.717, 1.165) is 30.4 Å². The number of halogens is 1. The maximum absolute atomic E-state index is 12.8. The van der Waals surface area contributed by atoms with Crippen molar-refractivity contribution < 1.29 is 14.7 Å². The molecule has 3 nitrogen and oxygen atoms in total. The number of benzene rings is 1. The van der Waals surface area contributed by atoms with Crippen LogP contribution < -0.4 is 0 Å². The number of hydrogen-bond acceptors (Lipinski definition) is 3. The number of rotatable bonds is 0. The Kier molecular flexibility index (Phi) is 2.96. The van der Waals surface area contributed by atoms with Crippen LogP contribution in [0.2, 0.25) is 5.02 Å². The number of phenols is 1. The molecule has 0 saturated heterocycles. The largest absolute Gasteiger partial charge is 0.506 e. The number of Topliss-reactive ketones (excluding diaryl/α,β-unsaturated/α-hetero) is 2. The predicted octanol–water partition coefficient (Wildman–Crippen LogP) is 3.65. The standard InChI is InChI=1S/C18H19ClO3/c1-18-5-4-10-11-8-13(19)14(20)6-9(11)7-15(21)17(10)12(18)2-3-16(18)22/h6,8,10,12,17,20H,2-5,7H2,1H3/t10-,12+,17-,18+/m1/s1. The zero-order chi connectivity index (χ0) is 15.6. The Labute approximate surface area is 134 Å². The molecule has 0 aliphatic heterocycles. The summed E-state index contributed by atoms with van der Waals surface area (Å²) in [6.45, 7) is 2.05. The number of aromatic hydroxyl groups is 1. The second kappa shape index (κ2) is 4.58. The molecule has 3 aliphatic carbocycles. The summed E-state index contributed by atoms with van der Waals surface area (Å²) >= 11 is 6.09. The van der Waals surface area contributed by atoms with Crippen molar-refractivity contribution in [3.63, 3.8) is 0 Å². The van der Waals surface area contributed by atoms with Crippen LogP contribution in [-0.2, 0) is 16.0 Å². The molecule has 3 aliphatic rings. The minimum atomic E-state index is -0.310. The average molecular weight is 319 g/mol. The van der Waals surface area contributed by atoms with Crippen molar-refractivity contribution in [2.45, 2.75) is 44.9 Å². The third-order valence-electron chi connectivity index (χ3n) is 6.32. The molecule has 0 aromatic heterocycles. The van der Waals surface area contributed by atoms with E-state index in [4.69, 9.17) is 11.6 Å². The maximum Gasteiger partial charge on any atom is 0.141 e. The molecule has 0 heterocycles. The van der Waals surface area contributed by atoms with E-state index in [1.165, 1.54) is 0 Å². The van der Waals surface area contributed by atoms with Crippen molar-refractivity contribution in [1.29, 1.82) is 0 Å². The topological polar surface area (TPSA) is 54.4 Å². The third-order valence-corrected chi connectivity index (χ3v) is 6.63. The summed E-state index contributed by atoms with van der Waals surface area (Å²) in [4.78, 5) is 25.0. The summed E-state index contributed by atoms with van der Waals surface area (Å²) in [6, 6.07) is 3.47. The van der Waals surface area contributed by atoms with Crippen LogP contribution in [0, 0.1) is 17.3 Å². The van der Waals surface area contributed by atoms with E-state index in [1.54, 1.807) is 6.07 Å². The Balaban J connectivity index is 1.81. The fraction of sp³-hybridized carbons (Fsp3) is 0.556. The van der Waals surface area contributed by atoms with Gasteiger partial charge in [-0.25, -0.2) is 0 Å². The van der Waals surface area contributed by atoms with Gasteiger partial charge in [0, 0.05) is 24.2 Å². The molecule has 0 unspecified atom stereocenters. The number of carbonyl (C=O) groups is 2. The molecule has 2 fully saturated rings. The molecule has 1 N–H and O–H groups in total. The first kappa shape index (κ1) is 14.3. The van der Waals surface area contributed by atoms with E-state index in [0.29, 0.717) is 23.6 Å². The van der Waals surface area contributed by atoms with Crippen molar-refractivity contribution in [2.75, 3.05) is 0 Å². The van der Waals surface area contributed by atoms with E-state index < -0.39 is 0 Å². The summed E-state index contributed by atoms with van der Waals surface area (Å²) in [5.74, 6) is 0.870. The van der Waals surface area contributed by atoms with E-state index in [-0.39, 0.29) is 34.7 Å². The van der Waals surface area contributed by atoms with Crippen LogP contribution in [0.1, 0.15) is 49.7 Å². The molecule has 2 saturated carbocycles. The Morgan fingerprint density at radius 2 is 2.05 bits per heavy atom. The maximum atomic E-state index is 12.8. The fourth-order valence-corrected chi connectivity index (χ4v) is 5.31. The molecule has 4 atom stereocenters. The zero-order valence-electron chi connectivity index (χ0n) is 12.6. The van der Waals surface area contributed by atoms with Crippen LogP contribution in [-0.4, -0.2) is 16.7 Å². The van der Waals surface area contributed by atoms with E-state index in [1.807, 2.05) is 6.07 Å². The smallest absolute Gasteiger partial charge is 0.141 e. The molecular formula is C18H19ClO3. The van der Waals surface area contributed by atoms with E-state index in [9.17, 15) is 14.7 Å². The van der Waals surface area contributed by atoms with Gasteiger partial charge in [-0.1, -0.05) is 18.5 Å². The lowest BCUT2D eigenvalue weighted by Gasteiger charge is -2.47. The number of fused-ring (bicyclic) bond motifs is 5. The number of hydrogen-bond donors (Lipinski definition) is 1. The normalized spacial score (nSPS) is 36.7. The van der Waals surface area contributed by atoms with Crippen molar-refractivity contribution in [3.8, 4) is 5.75 Å². The van der Waals surface area contributed by atoms with Crippen LogP contribution in [0.3, 0.4) is 0 Å². The summed E-state index contributed by atoms with van der Waals surface area (Å²) < 4.78 is 0. The van der Waals surface area contributed by atoms with Crippen LogP contribution in [0.25, 0.3) is 0 Å². The highest BCUT2D eigenvalue weighted by molar-refractivity contribution is 6.32. The van der Waals surface area contributed by atoms with Crippen LogP contribution in [0.5, 0.6) is 5.75 Å². The molecule has 4 rings (SSSR count). The minimum absolute atomic E-state index is 0.0448. The van der Waals surface area contributed by atoms with Crippen molar-refractivity contribution in [3.05, 3.63) is 28.3 Å². The van der Waals surface area contributed by atoms with Gasteiger partial charge in [0.1, 0.15) is 17.3 Å². The van der Waals surface area contributed by atoms with Gasteiger partial charge in [0.2, 0.25) is 0 Å². The van der Waals surface area contributed by atoms with Gasteiger partial charge < -0.3 is 5.11 Å². The summed E-state index contributed by atoms with van der Waals surface area (Å²) in [5.41, 5.74) is 1.70. The summed E-state index contributed by atoms with van der Waals surface area (Å²) in [6.07, 6.45) is 3.50. The molecule has 0 spiro atoms.